The molecule has 6 nitrogen and oxygen atoms in total. The van der Waals surface area contributed by atoms with Crippen LogP contribution in [-0.2, 0) is 20.9 Å². The standard InChI is InChI=1S/C19H19NO5/c1-14(21)12-17(16-10-6-3-7-11-16)18(20(23)24)19(22)25-13-15-8-4-2-5-9-15/h2-11,17-18H,12-13H2,1H3. The van der Waals surface area contributed by atoms with Crippen LogP contribution in [0, 0.1) is 10.1 Å². The Morgan fingerprint density at radius 2 is 1.60 bits per heavy atom. The Hall–Kier alpha value is -3.02. The number of nitro groups is 1. The summed E-state index contributed by atoms with van der Waals surface area (Å²) in [4.78, 5) is 34.8. The third-order valence-corrected chi connectivity index (χ3v) is 3.81. The first-order valence-corrected chi connectivity index (χ1v) is 7.87. The Morgan fingerprint density at radius 3 is 2.12 bits per heavy atom. The Labute approximate surface area is 145 Å². The molecule has 0 heterocycles. The molecule has 0 aliphatic carbocycles. The summed E-state index contributed by atoms with van der Waals surface area (Å²) in [6, 6.07) is 15.8. The number of nitrogens with zero attached hydrogens (tertiary/aromatic N) is 1. The normalized spacial score (nSPS) is 12.8. The van der Waals surface area contributed by atoms with E-state index in [2.05, 4.69) is 0 Å². The van der Waals surface area contributed by atoms with E-state index in [1.165, 1.54) is 6.92 Å². The average Bonchev–Trinajstić information content (AvgIpc) is 2.60. The molecule has 0 aromatic heterocycles. The quantitative estimate of drug-likeness (QED) is 0.418. The third-order valence-electron chi connectivity index (χ3n) is 3.81. The van der Waals surface area contributed by atoms with E-state index in [1.807, 2.05) is 6.07 Å². The Kier molecular flexibility index (Phi) is 6.39. The number of hydrogen-bond acceptors (Lipinski definition) is 5. The van der Waals surface area contributed by atoms with Crippen molar-refractivity contribution in [3.63, 3.8) is 0 Å². The minimum absolute atomic E-state index is 0.0500. The number of rotatable bonds is 8. The van der Waals surface area contributed by atoms with Crippen molar-refractivity contribution in [2.24, 2.45) is 0 Å². The molecule has 0 saturated carbocycles. The van der Waals surface area contributed by atoms with Crippen molar-refractivity contribution in [1.29, 1.82) is 0 Å². The zero-order valence-electron chi connectivity index (χ0n) is 13.8. The van der Waals surface area contributed by atoms with Crippen LogP contribution in [-0.4, -0.2) is 22.7 Å². The van der Waals surface area contributed by atoms with Crippen molar-refractivity contribution in [3.05, 3.63) is 81.9 Å². The van der Waals surface area contributed by atoms with Gasteiger partial charge < -0.3 is 9.53 Å². The minimum Gasteiger partial charge on any atom is -0.456 e. The fourth-order valence-corrected chi connectivity index (χ4v) is 2.63. The van der Waals surface area contributed by atoms with Crippen LogP contribution in [0.4, 0.5) is 0 Å². The van der Waals surface area contributed by atoms with Gasteiger partial charge in [-0.15, -0.1) is 0 Å². The lowest BCUT2D eigenvalue weighted by Gasteiger charge is -2.19. The summed E-state index contributed by atoms with van der Waals surface area (Å²) in [6.07, 6.45) is -0.101. The van der Waals surface area contributed by atoms with Crippen molar-refractivity contribution < 1.29 is 19.2 Å². The van der Waals surface area contributed by atoms with Gasteiger partial charge in [-0.05, 0) is 18.1 Å². The number of benzene rings is 2. The largest absolute Gasteiger partial charge is 0.456 e. The van der Waals surface area contributed by atoms with Gasteiger partial charge in [-0.1, -0.05) is 60.7 Å². The molecule has 2 rings (SSSR count). The first-order valence-electron chi connectivity index (χ1n) is 7.87. The van der Waals surface area contributed by atoms with Gasteiger partial charge in [-0.25, -0.2) is 4.79 Å². The van der Waals surface area contributed by atoms with Crippen LogP contribution in [0.3, 0.4) is 0 Å². The van der Waals surface area contributed by atoms with Crippen LogP contribution in [0.15, 0.2) is 60.7 Å². The van der Waals surface area contributed by atoms with Crippen molar-refractivity contribution >= 4 is 11.8 Å². The minimum atomic E-state index is -1.63. The van der Waals surface area contributed by atoms with Crippen LogP contribution in [0.1, 0.15) is 30.4 Å². The number of esters is 1. The Balaban J connectivity index is 2.21. The van der Waals surface area contributed by atoms with E-state index in [1.54, 1.807) is 54.6 Å². The van der Waals surface area contributed by atoms with Crippen LogP contribution < -0.4 is 0 Å². The summed E-state index contributed by atoms with van der Waals surface area (Å²) in [5.41, 5.74) is 1.30. The zero-order chi connectivity index (χ0) is 18.2. The molecule has 2 unspecified atom stereocenters. The molecule has 2 aromatic rings. The van der Waals surface area contributed by atoms with Gasteiger partial charge >= 0.3 is 12.0 Å². The summed E-state index contributed by atoms with van der Waals surface area (Å²) in [7, 11) is 0. The molecule has 6 heteroatoms. The van der Waals surface area contributed by atoms with Gasteiger partial charge in [0.2, 0.25) is 0 Å². The third kappa shape index (κ3) is 5.24. The molecular formula is C19H19NO5. The predicted molar refractivity (Wildman–Crippen MR) is 91.5 cm³/mol. The lowest BCUT2D eigenvalue weighted by atomic mass is 9.87. The molecule has 0 bridgehead atoms. The second kappa shape index (κ2) is 8.73. The number of carbonyl (C=O) groups is 2. The molecule has 0 aliphatic rings. The number of ketones is 1. The first kappa shape index (κ1) is 18.3. The Bertz CT molecular complexity index is 730. The van der Waals surface area contributed by atoms with Gasteiger partial charge in [0.15, 0.2) is 0 Å². The maximum Gasteiger partial charge on any atom is 0.382 e. The maximum absolute atomic E-state index is 12.4. The van der Waals surface area contributed by atoms with E-state index in [4.69, 9.17) is 4.74 Å². The summed E-state index contributed by atoms with van der Waals surface area (Å²) in [5, 5.41) is 11.5. The lowest BCUT2D eigenvalue weighted by molar-refractivity contribution is -0.514. The summed E-state index contributed by atoms with van der Waals surface area (Å²) in [5.74, 6) is -2.03. The summed E-state index contributed by atoms with van der Waals surface area (Å²) >= 11 is 0. The number of carbonyl (C=O) groups excluding carboxylic acids is 2. The first-order chi connectivity index (χ1) is 12.0. The summed E-state index contributed by atoms with van der Waals surface area (Å²) in [6.45, 7) is 1.30. The van der Waals surface area contributed by atoms with Crippen LogP contribution >= 0.6 is 0 Å². The second-order valence-electron chi connectivity index (χ2n) is 5.75. The number of Topliss-reactive ketones (excluding diaryl/α,β-unsaturated/α-hetero) is 1. The van der Waals surface area contributed by atoms with E-state index in [0.717, 1.165) is 5.56 Å². The Morgan fingerprint density at radius 1 is 1.04 bits per heavy atom. The molecule has 25 heavy (non-hydrogen) atoms. The molecule has 0 radical (unpaired) electrons. The maximum atomic E-state index is 12.4. The van der Waals surface area contributed by atoms with Crippen molar-refractivity contribution in [1.82, 2.24) is 0 Å². The highest BCUT2D eigenvalue weighted by Crippen LogP contribution is 2.27. The van der Waals surface area contributed by atoms with Crippen LogP contribution in [0.2, 0.25) is 0 Å². The molecule has 0 N–H and O–H groups in total. The van der Waals surface area contributed by atoms with Gasteiger partial charge in [0.25, 0.3) is 0 Å². The van der Waals surface area contributed by atoms with Gasteiger partial charge in [-0.3, -0.25) is 10.1 Å². The average molecular weight is 341 g/mol. The van der Waals surface area contributed by atoms with E-state index >= 15 is 0 Å². The van der Waals surface area contributed by atoms with Gasteiger partial charge in [0, 0.05) is 11.3 Å². The van der Waals surface area contributed by atoms with Crippen molar-refractivity contribution in [2.75, 3.05) is 0 Å². The number of hydrogen-bond donors (Lipinski definition) is 0. The monoisotopic (exact) mass is 341 g/mol. The SMILES string of the molecule is CC(=O)CC(c1ccccc1)C(C(=O)OCc1ccccc1)[N+](=O)[O-]. The van der Waals surface area contributed by atoms with E-state index in [-0.39, 0.29) is 18.8 Å². The fraction of sp³-hybridized carbons (Fsp3) is 0.263. The molecule has 0 spiro atoms. The van der Waals surface area contributed by atoms with Gasteiger partial charge in [0.05, 0.1) is 5.92 Å². The molecule has 0 aliphatic heterocycles. The van der Waals surface area contributed by atoms with Crippen LogP contribution in [0.25, 0.3) is 0 Å². The van der Waals surface area contributed by atoms with E-state index in [0.29, 0.717) is 5.56 Å². The smallest absolute Gasteiger partial charge is 0.382 e. The molecule has 2 aromatic carbocycles. The van der Waals surface area contributed by atoms with E-state index < -0.39 is 22.9 Å². The molecule has 2 atom stereocenters. The van der Waals surface area contributed by atoms with Crippen molar-refractivity contribution in [2.45, 2.75) is 31.9 Å². The highest BCUT2D eigenvalue weighted by molar-refractivity contribution is 5.80. The fourth-order valence-electron chi connectivity index (χ4n) is 2.63. The molecule has 130 valence electrons. The van der Waals surface area contributed by atoms with Gasteiger partial charge in [-0.2, -0.15) is 0 Å². The second-order valence-corrected chi connectivity index (χ2v) is 5.75. The van der Waals surface area contributed by atoms with Gasteiger partial charge in [0.1, 0.15) is 12.4 Å². The van der Waals surface area contributed by atoms with E-state index in [9.17, 15) is 19.7 Å². The molecule has 0 saturated heterocycles. The summed E-state index contributed by atoms with van der Waals surface area (Å²) < 4.78 is 5.14. The lowest BCUT2D eigenvalue weighted by Crippen LogP contribution is -2.38. The molecule has 0 fully saturated rings. The highest BCUT2D eigenvalue weighted by Gasteiger charge is 2.41. The molecular weight excluding hydrogens is 322 g/mol. The van der Waals surface area contributed by atoms with Crippen molar-refractivity contribution in [3.8, 4) is 0 Å². The molecule has 0 amide bonds. The predicted octanol–water partition coefficient (Wildman–Crippen LogP) is 3.14. The van der Waals surface area contributed by atoms with Crippen LogP contribution in [0.5, 0.6) is 0 Å². The number of ether oxygens (including phenoxy) is 1. The highest BCUT2D eigenvalue weighted by atomic mass is 16.6. The topological polar surface area (TPSA) is 86.5 Å². The zero-order valence-corrected chi connectivity index (χ0v) is 13.8.